The van der Waals surface area contributed by atoms with E-state index in [2.05, 4.69) is 15.0 Å². The van der Waals surface area contributed by atoms with E-state index in [4.69, 9.17) is 4.74 Å². The van der Waals surface area contributed by atoms with Crippen LogP contribution in [0.15, 0.2) is 6.20 Å². The molecule has 1 fully saturated rings. The number of piperidine rings is 1. The molecule has 1 aliphatic heterocycles. The van der Waals surface area contributed by atoms with Crippen LogP contribution < -0.4 is 4.72 Å². The van der Waals surface area contributed by atoms with Gasteiger partial charge in [-0.1, -0.05) is 5.21 Å². The van der Waals surface area contributed by atoms with Crippen molar-refractivity contribution in [2.45, 2.75) is 19.4 Å². The number of carbonyl (C=O) groups excluding carboxylic acids is 2. The molecule has 1 aromatic heterocycles. The first-order valence-corrected chi connectivity index (χ1v) is 8.91. The number of aromatic nitrogens is 3. The predicted molar refractivity (Wildman–Crippen MR) is 79.8 cm³/mol. The lowest BCUT2D eigenvalue weighted by Gasteiger charge is -2.30. The van der Waals surface area contributed by atoms with Crippen LogP contribution in [0.1, 0.15) is 12.8 Å². The first kappa shape index (κ1) is 17.2. The number of amides is 1. The summed E-state index contributed by atoms with van der Waals surface area (Å²) in [4.78, 5) is 25.3. The van der Waals surface area contributed by atoms with Gasteiger partial charge in [0.1, 0.15) is 6.54 Å². The van der Waals surface area contributed by atoms with Gasteiger partial charge in [0.25, 0.3) is 0 Å². The highest BCUT2D eigenvalue weighted by atomic mass is 32.2. The number of nitrogens with one attached hydrogen (secondary N) is 1. The minimum atomic E-state index is -3.43. The number of rotatable bonds is 5. The number of likely N-dealkylation sites (tertiary alicyclic amines) is 1. The molecular formula is C12H19N5O5S. The number of carbonyl (C=O) groups is 2. The molecular weight excluding hydrogens is 326 g/mol. The molecule has 0 saturated carbocycles. The normalized spacial score (nSPS) is 16.2. The smallest absolute Gasteiger partial charge is 0.308 e. The van der Waals surface area contributed by atoms with Crippen LogP contribution in [0, 0.1) is 5.92 Å². The van der Waals surface area contributed by atoms with Crippen molar-refractivity contribution in [2.24, 2.45) is 5.92 Å². The molecule has 0 atom stereocenters. The number of ether oxygens (including phenoxy) is 1. The Kier molecular flexibility index (Phi) is 5.19. The van der Waals surface area contributed by atoms with E-state index in [1.807, 2.05) is 0 Å². The van der Waals surface area contributed by atoms with E-state index in [-0.39, 0.29) is 30.2 Å². The van der Waals surface area contributed by atoms with Crippen LogP contribution in [0.2, 0.25) is 0 Å². The summed E-state index contributed by atoms with van der Waals surface area (Å²) in [5.74, 6) is -0.514. The van der Waals surface area contributed by atoms with Crippen molar-refractivity contribution in [3.8, 4) is 0 Å². The van der Waals surface area contributed by atoms with Crippen LogP contribution >= 0.6 is 0 Å². The number of methoxy groups -OCH3 is 1. The Hall–Kier alpha value is -2.17. The fourth-order valence-electron chi connectivity index (χ4n) is 2.38. The molecule has 128 valence electrons. The van der Waals surface area contributed by atoms with E-state index >= 15 is 0 Å². The van der Waals surface area contributed by atoms with Gasteiger partial charge in [-0.3, -0.25) is 14.3 Å². The summed E-state index contributed by atoms with van der Waals surface area (Å²) in [6.07, 6.45) is 3.48. The van der Waals surface area contributed by atoms with E-state index in [0.717, 1.165) is 6.26 Å². The molecule has 1 amide bonds. The summed E-state index contributed by atoms with van der Waals surface area (Å²) in [7, 11) is -2.08. The second-order valence-electron chi connectivity index (χ2n) is 5.35. The fourth-order valence-corrected chi connectivity index (χ4v) is 2.86. The molecule has 1 aromatic rings. The van der Waals surface area contributed by atoms with Crippen LogP contribution in [0.4, 0.5) is 5.82 Å². The lowest BCUT2D eigenvalue weighted by atomic mass is 9.97. The molecule has 0 spiro atoms. The second-order valence-corrected chi connectivity index (χ2v) is 7.10. The summed E-state index contributed by atoms with van der Waals surface area (Å²) in [6.45, 7) is 0.908. The highest BCUT2D eigenvalue weighted by molar-refractivity contribution is 7.92. The van der Waals surface area contributed by atoms with Gasteiger partial charge < -0.3 is 9.64 Å². The number of nitrogens with zero attached hydrogens (tertiary/aromatic N) is 4. The zero-order valence-corrected chi connectivity index (χ0v) is 13.7. The molecule has 0 aromatic carbocycles. The Labute approximate surface area is 133 Å². The monoisotopic (exact) mass is 345 g/mol. The number of hydrogen-bond donors (Lipinski definition) is 1. The first-order chi connectivity index (χ1) is 10.8. The third-order valence-electron chi connectivity index (χ3n) is 3.51. The lowest BCUT2D eigenvalue weighted by molar-refractivity contribution is -0.149. The molecule has 23 heavy (non-hydrogen) atoms. The molecule has 0 radical (unpaired) electrons. The first-order valence-electron chi connectivity index (χ1n) is 7.02. The number of esters is 1. The minimum Gasteiger partial charge on any atom is -0.469 e. The number of sulfonamides is 1. The maximum absolute atomic E-state index is 12.2. The second kappa shape index (κ2) is 6.94. The van der Waals surface area contributed by atoms with Crippen molar-refractivity contribution in [1.29, 1.82) is 0 Å². The minimum absolute atomic E-state index is 0.0403. The van der Waals surface area contributed by atoms with E-state index in [9.17, 15) is 18.0 Å². The number of anilines is 1. The Morgan fingerprint density at radius 2 is 2.04 bits per heavy atom. The number of hydrogen-bond acceptors (Lipinski definition) is 7. The highest BCUT2D eigenvalue weighted by Gasteiger charge is 2.28. The van der Waals surface area contributed by atoms with Crippen molar-refractivity contribution in [1.82, 2.24) is 19.9 Å². The average molecular weight is 345 g/mol. The summed E-state index contributed by atoms with van der Waals surface area (Å²) < 4.78 is 30.3. The van der Waals surface area contributed by atoms with E-state index in [0.29, 0.717) is 25.9 Å². The summed E-state index contributed by atoms with van der Waals surface area (Å²) in [5, 5.41) is 7.35. The maximum Gasteiger partial charge on any atom is 0.308 e. The zero-order valence-electron chi connectivity index (χ0n) is 12.9. The maximum atomic E-state index is 12.2. The van der Waals surface area contributed by atoms with Gasteiger partial charge >= 0.3 is 5.97 Å². The predicted octanol–water partition coefficient (Wildman–Crippen LogP) is -0.939. The highest BCUT2D eigenvalue weighted by Crippen LogP contribution is 2.18. The molecule has 10 nitrogen and oxygen atoms in total. The zero-order chi connectivity index (χ0) is 17.0. The van der Waals surface area contributed by atoms with Crippen molar-refractivity contribution < 1.29 is 22.7 Å². The van der Waals surface area contributed by atoms with Gasteiger partial charge in [0.2, 0.25) is 15.9 Å². The van der Waals surface area contributed by atoms with Crippen molar-refractivity contribution in [3.05, 3.63) is 6.20 Å². The van der Waals surface area contributed by atoms with Gasteiger partial charge in [-0.05, 0) is 12.8 Å². The Balaban J connectivity index is 1.87. The van der Waals surface area contributed by atoms with Crippen molar-refractivity contribution in [2.75, 3.05) is 31.2 Å². The van der Waals surface area contributed by atoms with Gasteiger partial charge in [0.05, 0.1) is 25.5 Å². The van der Waals surface area contributed by atoms with Crippen LogP contribution in [0.3, 0.4) is 0 Å². The van der Waals surface area contributed by atoms with Crippen LogP contribution in [-0.2, 0) is 30.9 Å². The SMILES string of the molecule is COC(=O)C1CCN(C(=O)Cn2cc(NS(C)(=O)=O)nn2)CC1. The molecule has 2 rings (SSSR count). The van der Waals surface area contributed by atoms with Gasteiger partial charge in [0, 0.05) is 13.1 Å². The molecule has 0 aliphatic carbocycles. The molecule has 1 saturated heterocycles. The van der Waals surface area contributed by atoms with Gasteiger partial charge in [-0.2, -0.15) is 0 Å². The Morgan fingerprint density at radius 1 is 1.39 bits per heavy atom. The lowest BCUT2D eigenvalue weighted by Crippen LogP contribution is -2.42. The van der Waals surface area contributed by atoms with E-state index < -0.39 is 10.0 Å². The quantitative estimate of drug-likeness (QED) is 0.683. The molecule has 11 heteroatoms. The summed E-state index contributed by atoms with van der Waals surface area (Å²) in [6, 6.07) is 0. The Bertz CT molecular complexity index is 678. The van der Waals surface area contributed by atoms with Gasteiger partial charge in [-0.15, -0.1) is 5.10 Å². The van der Waals surface area contributed by atoms with E-state index in [1.54, 1.807) is 4.90 Å². The van der Waals surface area contributed by atoms with Crippen molar-refractivity contribution >= 4 is 27.7 Å². The molecule has 2 heterocycles. The topological polar surface area (TPSA) is 123 Å². The largest absolute Gasteiger partial charge is 0.469 e. The summed E-state index contributed by atoms with van der Waals surface area (Å²) in [5.41, 5.74) is 0. The average Bonchev–Trinajstić information content (AvgIpc) is 2.91. The van der Waals surface area contributed by atoms with Crippen LogP contribution in [0.5, 0.6) is 0 Å². The summed E-state index contributed by atoms with van der Waals surface area (Å²) >= 11 is 0. The molecule has 0 unspecified atom stereocenters. The third kappa shape index (κ3) is 4.91. The van der Waals surface area contributed by atoms with Crippen LogP contribution in [0.25, 0.3) is 0 Å². The van der Waals surface area contributed by atoms with E-state index in [1.165, 1.54) is 18.0 Å². The van der Waals surface area contributed by atoms with Gasteiger partial charge in [-0.25, -0.2) is 13.1 Å². The van der Waals surface area contributed by atoms with Crippen molar-refractivity contribution in [3.63, 3.8) is 0 Å². The van der Waals surface area contributed by atoms with Gasteiger partial charge in [0.15, 0.2) is 5.82 Å². The fraction of sp³-hybridized carbons (Fsp3) is 0.667. The Morgan fingerprint density at radius 3 is 2.61 bits per heavy atom. The molecule has 1 aliphatic rings. The standard InChI is InChI=1S/C12H19N5O5S/c1-22-12(19)9-3-5-16(6-4-9)11(18)8-17-7-10(13-15-17)14-23(2,20)21/h7,9,14H,3-6,8H2,1-2H3. The third-order valence-corrected chi connectivity index (χ3v) is 4.09. The molecule has 0 bridgehead atoms. The molecule has 1 N–H and O–H groups in total. The van der Waals surface area contributed by atoms with Crippen LogP contribution in [-0.4, -0.2) is 66.6 Å².